The van der Waals surface area contributed by atoms with Crippen LogP contribution in [0.4, 0.5) is 0 Å². The molecular weight excluding hydrogens is 388 g/mol. The zero-order chi connectivity index (χ0) is 21.0. The number of hydroxylamine groups is 1. The van der Waals surface area contributed by atoms with Crippen LogP contribution in [0.15, 0.2) is 29.2 Å². The second kappa shape index (κ2) is 9.39. The van der Waals surface area contributed by atoms with Crippen LogP contribution in [0, 0.1) is 6.92 Å². The Balaban J connectivity index is 2.18. The van der Waals surface area contributed by atoms with Gasteiger partial charge in [0.2, 0.25) is 8.32 Å². The molecule has 2 rings (SSSR count). The number of hydrogen-bond donors (Lipinski definition) is 0. The molecule has 1 aliphatic heterocycles. The van der Waals surface area contributed by atoms with E-state index in [1.54, 1.807) is 12.1 Å². The first-order valence-corrected chi connectivity index (χ1v) is 14.8. The first-order valence-electron chi connectivity index (χ1n) is 10.4. The van der Waals surface area contributed by atoms with Crippen molar-refractivity contribution >= 4 is 18.3 Å². The summed E-state index contributed by atoms with van der Waals surface area (Å²) < 4.78 is 34.3. The molecule has 7 heteroatoms. The smallest absolute Gasteiger partial charge is 0.264 e. The number of likely N-dealkylation sites (tertiary alicyclic amines) is 1. The van der Waals surface area contributed by atoms with Gasteiger partial charge in [-0.1, -0.05) is 49.4 Å². The maximum atomic E-state index is 13.3. The van der Waals surface area contributed by atoms with Gasteiger partial charge in [0.1, 0.15) is 0 Å². The lowest BCUT2D eigenvalue weighted by atomic mass is 10.1. The molecule has 1 fully saturated rings. The SMILES string of the molecule is Cc1ccc(S(=O)(=O)N(CCCN2CCCCC2)O[Si](C)(C)C(C)(C)C)cc1. The van der Waals surface area contributed by atoms with Crippen LogP contribution in [-0.4, -0.2) is 52.3 Å². The van der Waals surface area contributed by atoms with Crippen LogP contribution in [0.2, 0.25) is 18.1 Å². The van der Waals surface area contributed by atoms with E-state index in [0.717, 1.165) is 31.6 Å². The lowest BCUT2D eigenvalue weighted by molar-refractivity contribution is 0.0151. The van der Waals surface area contributed by atoms with Crippen LogP contribution in [0.1, 0.15) is 52.0 Å². The average molecular weight is 427 g/mol. The molecule has 0 bridgehead atoms. The van der Waals surface area contributed by atoms with Crippen molar-refractivity contribution in [3.8, 4) is 0 Å². The maximum absolute atomic E-state index is 13.3. The second-order valence-electron chi connectivity index (χ2n) is 9.45. The molecule has 0 aromatic heterocycles. The highest BCUT2D eigenvalue weighted by molar-refractivity contribution is 7.89. The van der Waals surface area contributed by atoms with Crippen molar-refractivity contribution in [3.05, 3.63) is 29.8 Å². The third-order valence-corrected chi connectivity index (χ3v) is 12.1. The predicted molar refractivity (Wildman–Crippen MR) is 118 cm³/mol. The van der Waals surface area contributed by atoms with Gasteiger partial charge in [-0.15, -0.1) is 0 Å². The minimum Gasteiger partial charge on any atom is -0.329 e. The van der Waals surface area contributed by atoms with E-state index in [1.807, 2.05) is 19.1 Å². The van der Waals surface area contributed by atoms with Gasteiger partial charge < -0.3 is 9.43 Å². The van der Waals surface area contributed by atoms with Crippen molar-refractivity contribution in [2.24, 2.45) is 0 Å². The van der Waals surface area contributed by atoms with Crippen LogP contribution in [0.3, 0.4) is 0 Å². The summed E-state index contributed by atoms with van der Waals surface area (Å²) in [5, 5.41) is -0.0685. The Labute approximate surface area is 173 Å². The second-order valence-corrected chi connectivity index (χ2v) is 16.0. The molecule has 0 saturated carbocycles. The Morgan fingerprint density at radius 1 is 1.07 bits per heavy atom. The highest BCUT2D eigenvalue weighted by Crippen LogP contribution is 2.38. The fourth-order valence-electron chi connectivity index (χ4n) is 3.04. The van der Waals surface area contributed by atoms with Crippen LogP contribution in [-0.2, 0) is 14.6 Å². The summed E-state index contributed by atoms with van der Waals surface area (Å²) in [6, 6.07) is 7.03. The van der Waals surface area contributed by atoms with Gasteiger partial charge in [-0.2, -0.15) is 0 Å². The molecule has 0 radical (unpaired) electrons. The van der Waals surface area contributed by atoms with Crippen molar-refractivity contribution in [2.45, 2.75) is 76.4 Å². The minimum atomic E-state index is -3.69. The summed E-state index contributed by atoms with van der Waals surface area (Å²) in [7, 11) is -5.96. The molecular formula is C21H38N2O3SSi. The number of piperidine rings is 1. The van der Waals surface area contributed by atoms with Gasteiger partial charge in [-0.25, -0.2) is 8.42 Å². The Morgan fingerprint density at radius 2 is 1.64 bits per heavy atom. The van der Waals surface area contributed by atoms with Gasteiger partial charge >= 0.3 is 0 Å². The normalized spacial score (nSPS) is 17.2. The van der Waals surface area contributed by atoms with Crippen LogP contribution >= 0.6 is 0 Å². The molecule has 160 valence electrons. The van der Waals surface area contributed by atoms with Gasteiger partial charge in [0.25, 0.3) is 10.0 Å². The minimum absolute atomic E-state index is 0.0685. The molecule has 1 saturated heterocycles. The van der Waals surface area contributed by atoms with Crippen LogP contribution < -0.4 is 0 Å². The summed E-state index contributed by atoms with van der Waals surface area (Å²) in [5.41, 5.74) is 1.04. The van der Waals surface area contributed by atoms with Crippen LogP contribution in [0.25, 0.3) is 0 Å². The van der Waals surface area contributed by atoms with Crippen molar-refractivity contribution < 1.29 is 12.9 Å². The van der Waals surface area contributed by atoms with Crippen molar-refractivity contribution in [1.82, 2.24) is 9.37 Å². The van der Waals surface area contributed by atoms with E-state index < -0.39 is 18.3 Å². The summed E-state index contributed by atoms with van der Waals surface area (Å²) in [6.45, 7) is 16.1. The van der Waals surface area contributed by atoms with Gasteiger partial charge in [0.05, 0.1) is 4.90 Å². The third-order valence-electron chi connectivity index (χ3n) is 5.99. The number of sulfonamides is 1. The standard InChI is InChI=1S/C21H38N2O3SSi/c1-19-11-13-20(14-12-19)27(24,25)23(26-28(5,6)21(2,3)4)18-10-17-22-15-8-7-9-16-22/h11-14H,7-10,15-18H2,1-6H3. The van der Waals surface area contributed by atoms with Gasteiger partial charge in [0, 0.05) is 6.54 Å². The molecule has 0 spiro atoms. The monoisotopic (exact) mass is 426 g/mol. The molecule has 0 atom stereocenters. The first-order chi connectivity index (χ1) is 12.9. The Kier molecular flexibility index (Phi) is 7.89. The van der Waals surface area contributed by atoms with Gasteiger partial charge in [-0.05, 0) is 76.1 Å². The fraction of sp³-hybridized carbons (Fsp3) is 0.714. The predicted octanol–water partition coefficient (Wildman–Crippen LogP) is 4.80. The van der Waals surface area contributed by atoms with Crippen molar-refractivity contribution in [1.29, 1.82) is 0 Å². The molecule has 1 aliphatic rings. The van der Waals surface area contributed by atoms with E-state index in [-0.39, 0.29) is 5.04 Å². The number of nitrogens with zero attached hydrogens (tertiary/aromatic N) is 2. The van der Waals surface area contributed by atoms with E-state index in [1.165, 1.54) is 23.7 Å². The molecule has 1 heterocycles. The molecule has 28 heavy (non-hydrogen) atoms. The fourth-order valence-corrected chi connectivity index (χ4v) is 5.95. The van der Waals surface area contributed by atoms with E-state index in [2.05, 4.69) is 38.8 Å². The Bertz CT molecular complexity index is 721. The van der Waals surface area contributed by atoms with Crippen molar-refractivity contribution in [3.63, 3.8) is 0 Å². The highest BCUT2D eigenvalue weighted by Gasteiger charge is 2.42. The quantitative estimate of drug-likeness (QED) is 0.443. The zero-order valence-electron chi connectivity index (χ0n) is 18.5. The van der Waals surface area contributed by atoms with Gasteiger partial charge in [0.15, 0.2) is 0 Å². The average Bonchev–Trinajstić information content (AvgIpc) is 2.61. The first kappa shape index (κ1) is 23.5. The molecule has 5 nitrogen and oxygen atoms in total. The van der Waals surface area contributed by atoms with Crippen molar-refractivity contribution in [2.75, 3.05) is 26.2 Å². The van der Waals surface area contributed by atoms with E-state index in [4.69, 9.17) is 4.53 Å². The largest absolute Gasteiger partial charge is 0.329 e. The Hall–Kier alpha value is -0.733. The van der Waals surface area contributed by atoms with E-state index in [9.17, 15) is 8.42 Å². The Morgan fingerprint density at radius 3 is 2.18 bits per heavy atom. The molecule has 0 N–H and O–H groups in total. The van der Waals surface area contributed by atoms with E-state index >= 15 is 0 Å². The number of hydrogen-bond acceptors (Lipinski definition) is 4. The lowest BCUT2D eigenvalue weighted by Crippen LogP contribution is -2.49. The summed E-state index contributed by atoms with van der Waals surface area (Å²) >= 11 is 0. The van der Waals surface area contributed by atoms with Crippen LogP contribution in [0.5, 0.6) is 0 Å². The zero-order valence-corrected chi connectivity index (χ0v) is 20.3. The topological polar surface area (TPSA) is 49.9 Å². The third kappa shape index (κ3) is 6.13. The van der Waals surface area contributed by atoms with E-state index in [0.29, 0.717) is 11.4 Å². The lowest BCUT2D eigenvalue weighted by Gasteiger charge is -2.39. The molecule has 0 aliphatic carbocycles. The number of aryl methyl sites for hydroxylation is 1. The molecule has 1 aromatic carbocycles. The maximum Gasteiger partial charge on any atom is 0.264 e. The summed E-state index contributed by atoms with van der Waals surface area (Å²) in [6.07, 6.45) is 4.57. The van der Waals surface area contributed by atoms with Gasteiger partial charge in [-0.3, -0.25) is 0 Å². The number of rotatable bonds is 8. The summed E-state index contributed by atoms with van der Waals surface area (Å²) in [4.78, 5) is 2.74. The molecule has 0 amide bonds. The molecule has 0 unspecified atom stereocenters. The number of benzene rings is 1. The molecule has 1 aromatic rings. The highest BCUT2D eigenvalue weighted by atomic mass is 32.2. The summed E-state index contributed by atoms with van der Waals surface area (Å²) in [5.74, 6) is 0.